The third-order valence-electron chi connectivity index (χ3n) is 1.99. The number of hydrogen-bond acceptors (Lipinski definition) is 2. The number of anilines is 1. The molecule has 0 spiro atoms. The summed E-state index contributed by atoms with van der Waals surface area (Å²) >= 11 is 0. The highest BCUT2D eigenvalue weighted by Gasteiger charge is 2.07. The van der Waals surface area contributed by atoms with Crippen LogP contribution in [-0.4, -0.2) is 5.11 Å². The van der Waals surface area contributed by atoms with E-state index in [2.05, 4.69) is 0 Å². The molecule has 3 heteroatoms. The first-order valence-electron chi connectivity index (χ1n) is 3.86. The van der Waals surface area contributed by atoms with Crippen LogP contribution in [0.2, 0.25) is 0 Å². The molecule has 13 heavy (non-hydrogen) atoms. The summed E-state index contributed by atoms with van der Waals surface area (Å²) in [4.78, 5) is 0. The molecule has 0 radical (unpaired) electrons. The molecule has 0 saturated carbocycles. The van der Waals surface area contributed by atoms with E-state index >= 15 is 0 Å². The Morgan fingerprint density at radius 3 is 2.69 bits per heavy atom. The Bertz CT molecular complexity index is 468. The minimum Gasteiger partial charge on any atom is -0.507 e. The fourth-order valence-corrected chi connectivity index (χ4v) is 1.33. The minimum atomic E-state index is -0.560. The second-order valence-corrected chi connectivity index (χ2v) is 2.84. The second-order valence-electron chi connectivity index (χ2n) is 2.84. The normalized spacial score (nSPS) is 10.5. The molecule has 0 fully saturated rings. The summed E-state index contributed by atoms with van der Waals surface area (Å²) in [5.41, 5.74) is 5.42. The Balaban J connectivity index is 2.97. The standard InChI is InChI=1S/C10H8FNO/c11-10-7(12)5-4-6-2-1-3-8(13)9(6)10/h1-5,13H,12H2. The lowest BCUT2D eigenvalue weighted by atomic mass is 10.1. The molecule has 2 aromatic carbocycles. The third kappa shape index (κ3) is 1.09. The maximum Gasteiger partial charge on any atom is 0.157 e. The summed E-state index contributed by atoms with van der Waals surface area (Å²) < 4.78 is 13.4. The van der Waals surface area contributed by atoms with Crippen LogP contribution in [0.1, 0.15) is 0 Å². The number of hydrogen-bond donors (Lipinski definition) is 2. The molecule has 2 aromatic rings. The van der Waals surface area contributed by atoms with E-state index in [1.807, 2.05) is 0 Å². The highest BCUT2D eigenvalue weighted by Crippen LogP contribution is 2.29. The summed E-state index contributed by atoms with van der Waals surface area (Å²) in [5, 5.41) is 10.2. The molecule has 3 N–H and O–H groups in total. The van der Waals surface area contributed by atoms with Gasteiger partial charge in [0.15, 0.2) is 5.82 Å². The van der Waals surface area contributed by atoms with E-state index in [1.54, 1.807) is 18.2 Å². The average Bonchev–Trinajstić information content (AvgIpc) is 2.12. The van der Waals surface area contributed by atoms with Gasteiger partial charge in [-0.25, -0.2) is 4.39 Å². The quantitative estimate of drug-likeness (QED) is 0.606. The van der Waals surface area contributed by atoms with Crippen LogP contribution < -0.4 is 5.73 Å². The number of halogens is 1. The van der Waals surface area contributed by atoms with Crippen molar-refractivity contribution in [3.8, 4) is 5.75 Å². The lowest BCUT2D eigenvalue weighted by Crippen LogP contribution is -1.91. The number of benzene rings is 2. The number of nitrogens with two attached hydrogens (primary N) is 1. The van der Waals surface area contributed by atoms with E-state index < -0.39 is 5.82 Å². The molecule has 0 aliphatic heterocycles. The van der Waals surface area contributed by atoms with Crippen LogP contribution in [0.5, 0.6) is 5.75 Å². The summed E-state index contributed by atoms with van der Waals surface area (Å²) in [6.07, 6.45) is 0. The van der Waals surface area contributed by atoms with E-state index in [9.17, 15) is 9.50 Å². The predicted molar refractivity (Wildman–Crippen MR) is 50.0 cm³/mol. The summed E-state index contributed by atoms with van der Waals surface area (Å²) in [6, 6.07) is 7.97. The van der Waals surface area contributed by atoms with Gasteiger partial charge >= 0.3 is 0 Å². The molecule has 0 atom stereocenters. The maximum atomic E-state index is 13.4. The Labute approximate surface area is 74.4 Å². The fourth-order valence-electron chi connectivity index (χ4n) is 1.33. The van der Waals surface area contributed by atoms with Crippen molar-refractivity contribution in [3.63, 3.8) is 0 Å². The summed E-state index contributed by atoms with van der Waals surface area (Å²) in [5.74, 6) is -0.641. The molecule has 0 saturated heterocycles. The van der Waals surface area contributed by atoms with Crippen LogP contribution in [-0.2, 0) is 0 Å². The number of phenolic OH excluding ortho intramolecular Hbond substituents is 1. The maximum absolute atomic E-state index is 13.4. The van der Waals surface area contributed by atoms with Crippen molar-refractivity contribution in [3.05, 3.63) is 36.1 Å². The second kappa shape index (κ2) is 2.62. The number of nitrogen functional groups attached to an aromatic ring is 1. The van der Waals surface area contributed by atoms with Gasteiger partial charge in [0.2, 0.25) is 0 Å². The minimum absolute atomic E-state index is 0.0500. The van der Waals surface area contributed by atoms with Gasteiger partial charge in [-0.15, -0.1) is 0 Å². The lowest BCUT2D eigenvalue weighted by molar-refractivity contribution is 0.479. The van der Waals surface area contributed by atoms with Gasteiger partial charge in [-0.1, -0.05) is 18.2 Å². The molecule has 0 unspecified atom stereocenters. The molecule has 66 valence electrons. The fraction of sp³-hybridized carbons (Fsp3) is 0. The zero-order chi connectivity index (χ0) is 9.42. The van der Waals surface area contributed by atoms with Gasteiger partial charge in [-0.2, -0.15) is 0 Å². The smallest absolute Gasteiger partial charge is 0.157 e. The highest BCUT2D eigenvalue weighted by molar-refractivity contribution is 5.91. The molecule has 2 rings (SSSR count). The third-order valence-corrected chi connectivity index (χ3v) is 1.99. The predicted octanol–water partition coefficient (Wildman–Crippen LogP) is 2.27. The first-order chi connectivity index (χ1) is 6.20. The van der Waals surface area contributed by atoms with E-state index in [-0.39, 0.29) is 16.8 Å². The van der Waals surface area contributed by atoms with Crippen LogP contribution in [0.25, 0.3) is 10.8 Å². The first-order valence-corrected chi connectivity index (χ1v) is 3.86. The number of rotatable bonds is 0. The first kappa shape index (κ1) is 7.86. The Hall–Kier alpha value is -1.77. The molecule has 0 aliphatic rings. The van der Waals surface area contributed by atoms with Gasteiger partial charge in [0.1, 0.15) is 5.75 Å². The van der Waals surface area contributed by atoms with Crippen molar-refractivity contribution in [2.24, 2.45) is 0 Å². The Morgan fingerprint density at radius 1 is 1.15 bits per heavy atom. The largest absolute Gasteiger partial charge is 0.507 e. The molecule has 0 amide bonds. The average molecular weight is 177 g/mol. The summed E-state index contributed by atoms with van der Waals surface area (Å²) in [7, 11) is 0. The topological polar surface area (TPSA) is 46.2 Å². The van der Waals surface area contributed by atoms with Crippen molar-refractivity contribution < 1.29 is 9.50 Å². The van der Waals surface area contributed by atoms with Gasteiger partial charge in [-0.3, -0.25) is 0 Å². The van der Waals surface area contributed by atoms with Gasteiger partial charge in [-0.05, 0) is 17.5 Å². The molecule has 2 nitrogen and oxygen atoms in total. The van der Waals surface area contributed by atoms with E-state index in [1.165, 1.54) is 12.1 Å². The van der Waals surface area contributed by atoms with Crippen molar-refractivity contribution >= 4 is 16.5 Å². The summed E-state index contributed by atoms with van der Waals surface area (Å²) in [6.45, 7) is 0. The zero-order valence-corrected chi connectivity index (χ0v) is 6.79. The van der Waals surface area contributed by atoms with Crippen molar-refractivity contribution in [1.82, 2.24) is 0 Å². The molecular formula is C10H8FNO. The lowest BCUT2D eigenvalue weighted by Gasteiger charge is -2.03. The van der Waals surface area contributed by atoms with Gasteiger partial charge < -0.3 is 10.8 Å². The molecule has 0 bridgehead atoms. The van der Waals surface area contributed by atoms with E-state index in [0.29, 0.717) is 5.39 Å². The van der Waals surface area contributed by atoms with Crippen molar-refractivity contribution in [1.29, 1.82) is 0 Å². The van der Waals surface area contributed by atoms with Gasteiger partial charge in [0.05, 0.1) is 11.1 Å². The molecule has 0 aliphatic carbocycles. The van der Waals surface area contributed by atoms with Crippen molar-refractivity contribution in [2.45, 2.75) is 0 Å². The van der Waals surface area contributed by atoms with Gasteiger partial charge in [0, 0.05) is 0 Å². The highest BCUT2D eigenvalue weighted by atomic mass is 19.1. The zero-order valence-electron chi connectivity index (χ0n) is 6.79. The van der Waals surface area contributed by atoms with Crippen LogP contribution >= 0.6 is 0 Å². The molecule has 0 heterocycles. The number of phenols is 1. The van der Waals surface area contributed by atoms with Crippen LogP contribution in [0.3, 0.4) is 0 Å². The van der Waals surface area contributed by atoms with Crippen LogP contribution in [0.4, 0.5) is 10.1 Å². The van der Waals surface area contributed by atoms with E-state index in [4.69, 9.17) is 5.73 Å². The van der Waals surface area contributed by atoms with E-state index in [0.717, 1.165) is 0 Å². The number of aromatic hydroxyl groups is 1. The Kier molecular flexibility index (Phi) is 1.59. The Morgan fingerprint density at radius 2 is 1.92 bits per heavy atom. The SMILES string of the molecule is Nc1ccc2cccc(O)c2c1F. The molecular weight excluding hydrogens is 169 g/mol. The van der Waals surface area contributed by atoms with Crippen molar-refractivity contribution in [2.75, 3.05) is 5.73 Å². The monoisotopic (exact) mass is 177 g/mol. The van der Waals surface area contributed by atoms with Crippen LogP contribution in [0, 0.1) is 5.82 Å². The van der Waals surface area contributed by atoms with Gasteiger partial charge in [0.25, 0.3) is 0 Å². The molecule has 0 aromatic heterocycles. The number of fused-ring (bicyclic) bond motifs is 1. The van der Waals surface area contributed by atoms with Crippen LogP contribution in [0.15, 0.2) is 30.3 Å².